The summed E-state index contributed by atoms with van der Waals surface area (Å²) in [5, 5.41) is 12.9. The number of carbonyl (C=O) groups excluding carboxylic acids is 3. The van der Waals surface area contributed by atoms with Gasteiger partial charge < -0.3 is 9.47 Å². The van der Waals surface area contributed by atoms with Gasteiger partial charge in [0.15, 0.2) is 17.6 Å². The summed E-state index contributed by atoms with van der Waals surface area (Å²) in [6.07, 6.45) is -1.18. The van der Waals surface area contributed by atoms with E-state index in [0.29, 0.717) is 16.8 Å². The van der Waals surface area contributed by atoms with Gasteiger partial charge in [-0.05, 0) is 55.0 Å². The third-order valence-corrected chi connectivity index (χ3v) is 7.44. The summed E-state index contributed by atoms with van der Waals surface area (Å²) in [5.74, 6) is -2.24. The Balaban J connectivity index is 1.40. The molecule has 0 saturated carbocycles. The zero-order valence-corrected chi connectivity index (χ0v) is 23.1. The lowest BCUT2D eigenvalue weighted by atomic mass is 9.90. The lowest BCUT2D eigenvalue weighted by Gasteiger charge is -2.29. The summed E-state index contributed by atoms with van der Waals surface area (Å²) >= 11 is 0. The van der Waals surface area contributed by atoms with Crippen LogP contribution in [0.4, 0.5) is 17.1 Å². The monoisotopic (exact) mass is 579 g/mol. The highest BCUT2D eigenvalue weighted by molar-refractivity contribution is 6.24. The zero-order chi connectivity index (χ0) is 30.2. The van der Waals surface area contributed by atoms with Crippen molar-refractivity contribution in [1.82, 2.24) is 0 Å². The molecule has 0 unspecified atom stereocenters. The van der Waals surface area contributed by atoms with Gasteiger partial charge in [-0.3, -0.25) is 24.5 Å². The number of amides is 2. The fourth-order valence-corrected chi connectivity index (χ4v) is 5.35. The van der Waals surface area contributed by atoms with Crippen molar-refractivity contribution in [3.63, 3.8) is 0 Å². The SMILES string of the molecule is COc1cc([C@@H]2[C@@H]3C(=O)N(c4ccc(C)cc4)C(=O)[C@@H]3ON2c2cccc([N+](=O)[O-])c2)ccc1OC(=O)c1ccccc1. The Morgan fingerprint density at radius 2 is 1.60 bits per heavy atom. The normalized spacial score (nSPS) is 19.3. The molecule has 2 saturated heterocycles. The van der Waals surface area contributed by atoms with Crippen LogP contribution >= 0.6 is 0 Å². The van der Waals surface area contributed by atoms with E-state index in [0.717, 1.165) is 10.5 Å². The summed E-state index contributed by atoms with van der Waals surface area (Å²) in [6, 6.07) is 25.1. The molecular weight excluding hydrogens is 554 g/mol. The first-order chi connectivity index (χ1) is 20.8. The number of nitro benzene ring substituents is 1. The first-order valence-corrected chi connectivity index (χ1v) is 13.4. The standard InChI is InChI=1S/C32H25N3O8/c1-19-11-14-22(15-12-19)33-30(36)27-28(34(43-29(27)31(33)37)23-9-6-10-24(18-23)35(39)40)21-13-16-25(26(17-21)41-2)42-32(38)20-7-4-3-5-8-20/h3-18,27-29H,1-2H3/t27-,28+,29+/m0/s1. The van der Waals surface area contributed by atoms with Crippen molar-refractivity contribution in [2.24, 2.45) is 5.92 Å². The average molecular weight is 580 g/mol. The van der Waals surface area contributed by atoms with Crippen LogP contribution in [0.25, 0.3) is 0 Å². The van der Waals surface area contributed by atoms with E-state index < -0.39 is 40.8 Å². The number of non-ortho nitro benzene ring substituents is 1. The zero-order valence-electron chi connectivity index (χ0n) is 23.1. The number of esters is 1. The predicted octanol–water partition coefficient (Wildman–Crippen LogP) is 5.18. The van der Waals surface area contributed by atoms with Crippen molar-refractivity contribution in [1.29, 1.82) is 0 Å². The van der Waals surface area contributed by atoms with Crippen molar-refractivity contribution in [3.8, 4) is 11.5 Å². The molecule has 0 bridgehead atoms. The third-order valence-electron chi connectivity index (χ3n) is 7.44. The van der Waals surface area contributed by atoms with E-state index in [1.54, 1.807) is 72.8 Å². The predicted molar refractivity (Wildman–Crippen MR) is 155 cm³/mol. The topological polar surface area (TPSA) is 129 Å². The van der Waals surface area contributed by atoms with Crippen LogP contribution in [0, 0.1) is 23.0 Å². The van der Waals surface area contributed by atoms with E-state index in [1.165, 1.54) is 36.4 Å². The number of aryl methyl sites for hydroxylation is 1. The van der Waals surface area contributed by atoms with Gasteiger partial charge in [0.1, 0.15) is 5.92 Å². The minimum Gasteiger partial charge on any atom is -0.493 e. The average Bonchev–Trinajstić information content (AvgIpc) is 3.53. The molecule has 43 heavy (non-hydrogen) atoms. The lowest BCUT2D eigenvalue weighted by molar-refractivity contribution is -0.384. The maximum Gasteiger partial charge on any atom is 0.343 e. The van der Waals surface area contributed by atoms with E-state index in [-0.39, 0.29) is 22.9 Å². The van der Waals surface area contributed by atoms with Crippen molar-refractivity contribution in [2.45, 2.75) is 19.1 Å². The second-order valence-corrected chi connectivity index (χ2v) is 10.1. The molecule has 2 fully saturated rings. The second-order valence-electron chi connectivity index (χ2n) is 10.1. The molecule has 2 amide bonds. The smallest absolute Gasteiger partial charge is 0.343 e. The van der Waals surface area contributed by atoms with Crippen LogP contribution in [-0.4, -0.2) is 35.9 Å². The molecule has 2 heterocycles. The number of nitro groups is 1. The molecule has 4 aromatic carbocycles. The summed E-state index contributed by atoms with van der Waals surface area (Å²) in [4.78, 5) is 58.5. The van der Waals surface area contributed by atoms with E-state index in [2.05, 4.69) is 0 Å². The van der Waals surface area contributed by atoms with Crippen molar-refractivity contribution >= 4 is 34.8 Å². The minimum atomic E-state index is -1.18. The molecular formula is C32H25N3O8. The first-order valence-electron chi connectivity index (χ1n) is 13.4. The van der Waals surface area contributed by atoms with Crippen LogP contribution in [0.3, 0.4) is 0 Å². The lowest BCUT2D eigenvalue weighted by Crippen LogP contribution is -2.37. The number of imide groups is 1. The van der Waals surface area contributed by atoms with Gasteiger partial charge in [-0.1, -0.05) is 48.0 Å². The molecule has 2 aliphatic heterocycles. The molecule has 0 N–H and O–H groups in total. The van der Waals surface area contributed by atoms with Crippen molar-refractivity contribution in [2.75, 3.05) is 17.1 Å². The van der Waals surface area contributed by atoms with Crippen LogP contribution < -0.4 is 19.4 Å². The quantitative estimate of drug-likeness (QED) is 0.0956. The Morgan fingerprint density at radius 3 is 2.30 bits per heavy atom. The van der Waals surface area contributed by atoms with Crippen LogP contribution in [0.1, 0.15) is 27.5 Å². The van der Waals surface area contributed by atoms with E-state index in [9.17, 15) is 24.5 Å². The van der Waals surface area contributed by atoms with Gasteiger partial charge in [-0.25, -0.2) is 14.8 Å². The fraction of sp³-hybridized carbons (Fsp3) is 0.156. The van der Waals surface area contributed by atoms with Crippen LogP contribution in [0.15, 0.2) is 97.1 Å². The van der Waals surface area contributed by atoms with Crippen LogP contribution in [0.2, 0.25) is 0 Å². The first kappa shape index (κ1) is 27.6. The van der Waals surface area contributed by atoms with Crippen LogP contribution in [-0.2, 0) is 14.4 Å². The van der Waals surface area contributed by atoms with Gasteiger partial charge in [0, 0.05) is 12.1 Å². The number of rotatable bonds is 7. The molecule has 11 heteroatoms. The fourth-order valence-electron chi connectivity index (χ4n) is 5.35. The molecule has 4 aromatic rings. The summed E-state index contributed by atoms with van der Waals surface area (Å²) in [6.45, 7) is 1.90. The highest BCUT2D eigenvalue weighted by atomic mass is 16.7. The van der Waals surface area contributed by atoms with Gasteiger partial charge in [-0.15, -0.1) is 0 Å². The van der Waals surface area contributed by atoms with Crippen molar-refractivity contribution in [3.05, 3.63) is 124 Å². The van der Waals surface area contributed by atoms with Gasteiger partial charge in [0.2, 0.25) is 5.91 Å². The molecule has 0 spiro atoms. The maximum absolute atomic E-state index is 13.9. The van der Waals surface area contributed by atoms with Gasteiger partial charge in [0.05, 0.1) is 35.0 Å². The van der Waals surface area contributed by atoms with Gasteiger partial charge >= 0.3 is 5.97 Å². The molecule has 0 aliphatic carbocycles. The number of nitrogens with zero attached hydrogens (tertiary/aromatic N) is 3. The number of benzene rings is 4. The number of hydrogen-bond donors (Lipinski definition) is 0. The Hall–Kier alpha value is -5.55. The summed E-state index contributed by atoms with van der Waals surface area (Å²) in [7, 11) is 1.41. The molecule has 0 radical (unpaired) electrons. The third kappa shape index (κ3) is 4.95. The number of ether oxygens (including phenoxy) is 2. The Kier molecular flexibility index (Phi) is 7.08. The second kappa shape index (κ2) is 11.0. The number of fused-ring (bicyclic) bond motifs is 1. The molecule has 216 valence electrons. The number of hydroxylamine groups is 1. The number of anilines is 2. The largest absolute Gasteiger partial charge is 0.493 e. The number of carbonyl (C=O) groups is 3. The Labute approximate surface area is 245 Å². The van der Waals surface area contributed by atoms with E-state index in [1.807, 2.05) is 6.92 Å². The summed E-state index contributed by atoms with van der Waals surface area (Å²) in [5.41, 5.74) is 2.34. The minimum absolute atomic E-state index is 0.146. The molecule has 2 aliphatic rings. The van der Waals surface area contributed by atoms with Crippen LogP contribution in [0.5, 0.6) is 11.5 Å². The van der Waals surface area contributed by atoms with Crippen molar-refractivity contribution < 1.29 is 33.6 Å². The Bertz CT molecular complexity index is 1740. The number of hydrogen-bond acceptors (Lipinski definition) is 9. The maximum atomic E-state index is 13.9. The van der Waals surface area contributed by atoms with Gasteiger partial charge in [-0.2, -0.15) is 0 Å². The molecule has 6 rings (SSSR count). The molecule has 0 aromatic heterocycles. The molecule has 3 atom stereocenters. The molecule has 11 nitrogen and oxygen atoms in total. The number of methoxy groups -OCH3 is 1. The van der Waals surface area contributed by atoms with E-state index in [4.69, 9.17) is 14.3 Å². The summed E-state index contributed by atoms with van der Waals surface area (Å²) < 4.78 is 11.1. The van der Waals surface area contributed by atoms with Gasteiger partial charge in [0.25, 0.3) is 11.6 Å². The Morgan fingerprint density at radius 1 is 0.860 bits per heavy atom. The highest BCUT2D eigenvalue weighted by Gasteiger charge is 2.60. The highest BCUT2D eigenvalue weighted by Crippen LogP contribution is 2.49. The van der Waals surface area contributed by atoms with E-state index >= 15 is 0 Å².